The molecule has 3 nitrogen and oxygen atoms in total. The molecule has 0 radical (unpaired) electrons. The summed E-state index contributed by atoms with van der Waals surface area (Å²) in [6, 6.07) is 6.41. The molecule has 112 valence electrons. The number of methoxy groups -OCH3 is 1. The average molecular weight is 296 g/mol. The molecular formula is C15H15F3N2O. The Morgan fingerprint density at radius 2 is 2.05 bits per heavy atom. The normalized spacial score (nSPS) is 13.0. The number of aromatic nitrogens is 1. The molecule has 0 fully saturated rings. The smallest absolute Gasteiger partial charge is 0.416 e. The lowest BCUT2D eigenvalue weighted by atomic mass is 9.98. The third-order valence-corrected chi connectivity index (χ3v) is 3.15. The number of nitrogens with zero attached hydrogens (tertiary/aromatic N) is 1. The Morgan fingerprint density at radius 3 is 2.71 bits per heavy atom. The van der Waals surface area contributed by atoms with Crippen molar-refractivity contribution in [2.75, 3.05) is 7.11 Å². The van der Waals surface area contributed by atoms with E-state index in [1.54, 1.807) is 18.3 Å². The molecule has 1 aromatic carbocycles. The fourth-order valence-corrected chi connectivity index (χ4v) is 2.11. The summed E-state index contributed by atoms with van der Waals surface area (Å²) in [6.45, 7) is 0. The van der Waals surface area contributed by atoms with Gasteiger partial charge in [0.1, 0.15) is 5.75 Å². The van der Waals surface area contributed by atoms with E-state index < -0.39 is 17.8 Å². The topological polar surface area (TPSA) is 48.1 Å². The monoisotopic (exact) mass is 296 g/mol. The molecule has 2 rings (SSSR count). The van der Waals surface area contributed by atoms with Gasteiger partial charge < -0.3 is 10.5 Å². The molecule has 21 heavy (non-hydrogen) atoms. The fourth-order valence-electron chi connectivity index (χ4n) is 2.11. The Morgan fingerprint density at radius 1 is 1.29 bits per heavy atom. The average Bonchev–Trinajstić information content (AvgIpc) is 2.46. The van der Waals surface area contributed by atoms with Crippen LogP contribution in [0.1, 0.15) is 22.7 Å². The SMILES string of the molecule is COc1cnccc1C(N)Cc1cccc(C(F)(F)F)c1. The summed E-state index contributed by atoms with van der Waals surface area (Å²) >= 11 is 0. The molecule has 1 unspecified atom stereocenters. The maximum absolute atomic E-state index is 12.7. The van der Waals surface area contributed by atoms with Crippen molar-refractivity contribution >= 4 is 0 Å². The molecule has 0 aliphatic heterocycles. The molecular weight excluding hydrogens is 281 g/mol. The summed E-state index contributed by atoms with van der Waals surface area (Å²) in [5.41, 5.74) is 6.64. The second-order valence-corrected chi connectivity index (χ2v) is 4.63. The molecule has 2 aromatic rings. The van der Waals surface area contributed by atoms with E-state index in [4.69, 9.17) is 10.5 Å². The summed E-state index contributed by atoms with van der Waals surface area (Å²) in [5.74, 6) is 0.525. The summed E-state index contributed by atoms with van der Waals surface area (Å²) < 4.78 is 43.2. The Balaban J connectivity index is 2.22. The lowest BCUT2D eigenvalue weighted by Gasteiger charge is -2.16. The molecule has 1 heterocycles. The number of hydrogen-bond acceptors (Lipinski definition) is 3. The molecule has 2 N–H and O–H groups in total. The zero-order valence-corrected chi connectivity index (χ0v) is 11.4. The second-order valence-electron chi connectivity index (χ2n) is 4.63. The maximum Gasteiger partial charge on any atom is 0.416 e. The van der Waals surface area contributed by atoms with Gasteiger partial charge in [-0.2, -0.15) is 13.2 Å². The number of pyridine rings is 1. The van der Waals surface area contributed by atoms with E-state index in [0.717, 1.165) is 12.1 Å². The third-order valence-electron chi connectivity index (χ3n) is 3.15. The van der Waals surface area contributed by atoms with Crippen LogP contribution in [0, 0.1) is 0 Å². The Hall–Kier alpha value is -2.08. The highest BCUT2D eigenvalue weighted by molar-refractivity contribution is 5.35. The summed E-state index contributed by atoms with van der Waals surface area (Å²) in [6.07, 6.45) is -0.968. The van der Waals surface area contributed by atoms with E-state index in [0.29, 0.717) is 16.9 Å². The summed E-state index contributed by atoms with van der Waals surface area (Å²) in [4.78, 5) is 3.92. The quantitative estimate of drug-likeness (QED) is 0.941. The van der Waals surface area contributed by atoms with Gasteiger partial charge in [-0.15, -0.1) is 0 Å². The predicted octanol–water partition coefficient (Wildman–Crippen LogP) is 3.35. The van der Waals surface area contributed by atoms with Crippen LogP contribution in [-0.4, -0.2) is 12.1 Å². The summed E-state index contributed by atoms with van der Waals surface area (Å²) in [7, 11) is 1.50. The van der Waals surface area contributed by atoms with Crippen LogP contribution in [0.4, 0.5) is 13.2 Å². The number of hydrogen-bond donors (Lipinski definition) is 1. The largest absolute Gasteiger partial charge is 0.495 e. The van der Waals surface area contributed by atoms with E-state index >= 15 is 0 Å². The number of benzene rings is 1. The molecule has 0 spiro atoms. The van der Waals surface area contributed by atoms with Crippen molar-refractivity contribution in [2.24, 2.45) is 5.73 Å². The highest BCUT2D eigenvalue weighted by Gasteiger charge is 2.30. The van der Waals surface area contributed by atoms with Crippen molar-refractivity contribution < 1.29 is 17.9 Å². The van der Waals surface area contributed by atoms with Gasteiger partial charge in [0.2, 0.25) is 0 Å². The molecule has 6 heteroatoms. The predicted molar refractivity (Wildman–Crippen MR) is 72.9 cm³/mol. The number of halogens is 3. The minimum atomic E-state index is -4.35. The van der Waals surface area contributed by atoms with E-state index in [1.807, 2.05) is 0 Å². The zero-order chi connectivity index (χ0) is 15.5. The minimum Gasteiger partial charge on any atom is -0.495 e. The molecule has 0 bridgehead atoms. The number of alkyl halides is 3. The summed E-state index contributed by atoms with van der Waals surface area (Å²) in [5, 5.41) is 0. The van der Waals surface area contributed by atoms with Crippen LogP contribution in [0.25, 0.3) is 0 Å². The van der Waals surface area contributed by atoms with E-state index in [9.17, 15) is 13.2 Å². The van der Waals surface area contributed by atoms with Crippen molar-refractivity contribution in [2.45, 2.75) is 18.6 Å². The number of ether oxygens (including phenoxy) is 1. The van der Waals surface area contributed by atoms with E-state index in [1.165, 1.54) is 19.4 Å². The second kappa shape index (κ2) is 6.13. The Kier molecular flexibility index (Phi) is 4.47. The molecule has 0 amide bonds. The van der Waals surface area contributed by atoms with Gasteiger partial charge in [-0.25, -0.2) is 0 Å². The Labute approximate surface area is 120 Å². The van der Waals surface area contributed by atoms with Gasteiger partial charge >= 0.3 is 6.18 Å². The van der Waals surface area contributed by atoms with Gasteiger partial charge in [0, 0.05) is 17.8 Å². The van der Waals surface area contributed by atoms with Crippen molar-refractivity contribution in [3.05, 3.63) is 59.4 Å². The van der Waals surface area contributed by atoms with E-state index in [2.05, 4.69) is 4.98 Å². The van der Waals surface area contributed by atoms with Crippen LogP contribution < -0.4 is 10.5 Å². The van der Waals surface area contributed by atoms with Crippen LogP contribution in [0.2, 0.25) is 0 Å². The molecule has 1 atom stereocenters. The van der Waals surface area contributed by atoms with E-state index in [-0.39, 0.29) is 6.42 Å². The van der Waals surface area contributed by atoms with Crippen molar-refractivity contribution in [1.29, 1.82) is 0 Å². The Bertz CT molecular complexity index is 614. The van der Waals surface area contributed by atoms with Crippen molar-refractivity contribution in [1.82, 2.24) is 4.98 Å². The minimum absolute atomic E-state index is 0.282. The van der Waals surface area contributed by atoms with Crippen molar-refractivity contribution in [3.8, 4) is 5.75 Å². The first-order valence-electron chi connectivity index (χ1n) is 6.31. The van der Waals surface area contributed by atoms with Gasteiger partial charge in [-0.3, -0.25) is 4.98 Å². The lowest BCUT2D eigenvalue weighted by Crippen LogP contribution is -2.15. The van der Waals surface area contributed by atoms with Gasteiger partial charge in [-0.1, -0.05) is 18.2 Å². The fraction of sp³-hybridized carbons (Fsp3) is 0.267. The van der Waals surface area contributed by atoms with Crippen LogP contribution in [0.3, 0.4) is 0 Å². The van der Waals surface area contributed by atoms with Crippen LogP contribution in [-0.2, 0) is 12.6 Å². The highest BCUT2D eigenvalue weighted by atomic mass is 19.4. The first-order valence-corrected chi connectivity index (χ1v) is 6.31. The standard InChI is InChI=1S/C15H15F3N2O/c1-21-14-9-20-6-5-12(14)13(19)8-10-3-2-4-11(7-10)15(16,17)18/h2-7,9,13H,8,19H2,1H3. The molecule has 0 aliphatic carbocycles. The number of nitrogens with two attached hydrogens (primary N) is 1. The molecule has 1 aromatic heterocycles. The molecule has 0 saturated carbocycles. The van der Waals surface area contributed by atoms with Gasteiger partial charge in [0.15, 0.2) is 0 Å². The highest BCUT2D eigenvalue weighted by Crippen LogP contribution is 2.31. The zero-order valence-electron chi connectivity index (χ0n) is 11.4. The molecule has 0 aliphatic rings. The van der Waals surface area contributed by atoms with Gasteiger partial charge in [0.05, 0.1) is 18.9 Å². The lowest BCUT2D eigenvalue weighted by molar-refractivity contribution is -0.137. The molecule has 0 saturated heterocycles. The number of rotatable bonds is 4. The van der Waals surface area contributed by atoms with Gasteiger partial charge in [0.25, 0.3) is 0 Å². The maximum atomic E-state index is 12.7. The van der Waals surface area contributed by atoms with Crippen LogP contribution in [0.5, 0.6) is 5.75 Å². The van der Waals surface area contributed by atoms with Gasteiger partial charge in [-0.05, 0) is 24.1 Å². The van der Waals surface area contributed by atoms with Crippen molar-refractivity contribution in [3.63, 3.8) is 0 Å². The van der Waals surface area contributed by atoms with Crippen LogP contribution >= 0.6 is 0 Å². The first kappa shape index (κ1) is 15.3. The third kappa shape index (κ3) is 3.72. The first-order chi connectivity index (χ1) is 9.91. The van der Waals surface area contributed by atoms with Crippen LogP contribution in [0.15, 0.2) is 42.7 Å².